The predicted molar refractivity (Wildman–Crippen MR) is 63.6 cm³/mol. The minimum atomic E-state index is -0.123. The molecule has 2 aliphatic rings. The van der Waals surface area contributed by atoms with Crippen LogP contribution in [0.25, 0.3) is 0 Å². The van der Waals surface area contributed by atoms with Gasteiger partial charge >= 0.3 is 0 Å². The maximum Gasteiger partial charge on any atom is 0.105 e. The monoisotopic (exact) mass is 204 g/mol. The van der Waals surface area contributed by atoms with E-state index in [1.807, 2.05) is 0 Å². The molecule has 2 saturated heterocycles. The number of likely N-dealkylation sites (tertiary alicyclic amines) is 2. The highest BCUT2D eigenvalue weighted by Gasteiger charge is 2.58. The van der Waals surface area contributed by atoms with Gasteiger partial charge in [0, 0.05) is 18.5 Å². The van der Waals surface area contributed by atoms with E-state index in [0.717, 1.165) is 19.6 Å². The van der Waals surface area contributed by atoms with Gasteiger partial charge in [-0.05, 0) is 33.5 Å². The van der Waals surface area contributed by atoms with Crippen molar-refractivity contribution in [1.82, 2.24) is 9.80 Å². The Balaban J connectivity index is 2.48. The van der Waals surface area contributed by atoms with E-state index in [-0.39, 0.29) is 11.0 Å². The van der Waals surface area contributed by atoms with E-state index >= 15 is 0 Å². The standard InChI is InChI=1S/C13H20N2/c1-5-12-8-7-9-15(4)13(12,6-2)11-14(3)10-12/h2,5H,1,7-11H2,3-4H3/t12-,13+/m0/s1. The van der Waals surface area contributed by atoms with Crippen LogP contribution in [0.15, 0.2) is 12.7 Å². The third kappa shape index (κ3) is 1.20. The molecule has 0 bridgehead atoms. The Morgan fingerprint density at radius 1 is 1.40 bits per heavy atom. The van der Waals surface area contributed by atoms with Gasteiger partial charge in [0.2, 0.25) is 0 Å². The molecule has 0 amide bonds. The Morgan fingerprint density at radius 2 is 2.13 bits per heavy atom. The van der Waals surface area contributed by atoms with E-state index in [2.05, 4.69) is 42.5 Å². The molecule has 0 aromatic rings. The average molecular weight is 204 g/mol. The average Bonchev–Trinajstić information content (AvgIpc) is 2.53. The van der Waals surface area contributed by atoms with Crippen LogP contribution in [0.4, 0.5) is 0 Å². The van der Waals surface area contributed by atoms with Crippen molar-refractivity contribution in [3.63, 3.8) is 0 Å². The first-order valence-electron chi connectivity index (χ1n) is 5.61. The van der Waals surface area contributed by atoms with Crippen LogP contribution in [-0.4, -0.2) is 49.1 Å². The molecule has 15 heavy (non-hydrogen) atoms. The fraction of sp³-hybridized carbons (Fsp3) is 0.692. The minimum absolute atomic E-state index is 0.101. The van der Waals surface area contributed by atoms with Crippen molar-refractivity contribution < 1.29 is 0 Å². The van der Waals surface area contributed by atoms with Crippen molar-refractivity contribution in [2.24, 2.45) is 5.41 Å². The number of hydrogen-bond donors (Lipinski definition) is 0. The van der Waals surface area contributed by atoms with Gasteiger partial charge in [-0.2, -0.15) is 0 Å². The van der Waals surface area contributed by atoms with Gasteiger partial charge in [-0.1, -0.05) is 12.0 Å². The fourth-order valence-corrected chi connectivity index (χ4v) is 3.46. The number of piperidine rings is 1. The summed E-state index contributed by atoms with van der Waals surface area (Å²) in [6.07, 6.45) is 10.3. The Labute approximate surface area is 92.9 Å². The van der Waals surface area contributed by atoms with Gasteiger partial charge in [0.25, 0.3) is 0 Å². The fourth-order valence-electron chi connectivity index (χ4n) is 3.46. The van der Waals surface area contributed by atoms with E-state index < -0.39 is 0 Å². The topological polar surface area (TPSA) is 6.48 Å². The molecule has 0 spiro atoms. The van der Waals surface area contributed by atoms with Crippen molar-refractivity contribution >= 4 is 0 Å². The molecular formula is C13H20N2. The summed E-state index contributed by atoms with van der Waals surface area (Å²) in [7, 11) is 4.30. The second kappa shape index (κ2) is 3.37. The van der Waals surface area contributed by atoms with Crippen molar-refractivity contribution in [3.05, 3.63) is 12.7 Å². The Hall–Kier alpha value is -0.780. The molecule has 2 nitrogen and oxygen atoms in total. The molecule has 2 fully saturated rings. The third-order valence-electron chi connectivity index (χ3n) is 4.27. The molecule has 2 aliphatic heterocycles. The number of fused-ring (bicyclic) bond motifs is 1. The number of rotatable bonds is 1. The molecule has 2 atom stereocenters. The zero-order valence-corrected chi connectivity index (χ0v) is 9.79. The first kappa shape index (κ1) is 10.7. The van der Waals surface area contributed by atoms with Crippen molar-refractivity contribution in [3.8, 4) is 12.3 Å². The van der Waals surface area contributed by atoms with Gasteiger partial charge in [-0.15, -0.1) is 13.0 Å². The molecule has 0 saturated carbocycles. The second-order valence-corrected chi connectivity index (χ2v) is 5.06. The first-order chi connectivity index (χ1) is 7.10. The summed E-state index contributed by atoms with van der Waals surface area (Å²) in [6.45, 7) is 7.15. The van der Waals surface area contributed by atoms with Crippen molar-refractivity contribution in [1.29, 1.82) is 0 Å². The summed E-state index contributed by atoms with van der Waals surface area (Å²) in [6, 6.07) is 0. The number of nitrogens with zero attached hydrogens (tertiary/aromatic N) is 2. The lowest BCUT2D eigenvalue weighted by molar-refractivity contribution is 0.0537. The highest BCUT2D eigenvalue weighted by Crippen LogP contribution is 2.49. The Bertz CT molecular complexity index is 317. The van der Waals surface area contributed by atoms with Crippen molar-refractivity contribution in [2.45, 2.75) is 18.4 Å². The first-order valence-corrected chi connectivity index (χ1v) is 5.61. The lowest BCUT2D eigenvalue weighted by atomic mass is 9.66. The molecule has 0 unspecified atom stereocenters. The summed E-state index contributed by atoms with van der Waals surface area (Å²) in [4.78, 5) is 4.69. The highest BCUT2D eigenvalue weighted by atomic mass is 15.3. The lowest BCUT2D eigenvalue weighted by Crippen LogP contribution is -2.60. The Morgan fingerprint density at radius 3 is 2.67 bits per heavy atom. The summed E-state index contributed by atoms with van der Waals surface area (Å²) in [5, 5.41) is 0. The maximum atomic E-state index is 5.83. The van der Waals surface area contributed by atoms with Gasteiger partial charge in [0.15, 0.2) is 0 Å². The van der Waals surface area contributed by atoms with Crippen molar-refractivity contribution in [2.75, 3.05) is 33.7 Å². The van der Waals surface area contributed by atoms with E-state index in [0.29, 0.717) is 0 Å². The molecule has 0 N–H and O–H groups in total. The van der Waals surface area contributed by atoms with E-state index in [1.165, 1.54) is 12.8 Å². The van der Waals surface area contributed by atoms with Gasteiger partial charge in [0.05, 0.1) is 0 Å². The van der Waals surface area contributed by atoms with Gasteiger partial charge in [0.1, 0.15) is 5.54 Å². The summed E-state index contributed by atoms with van der Waals surface area (Å²) in [5.74, 6) is 3.06. The number of hydrogen-bond acceptors (Lipinski definition) is 2. The molecule has 2 heteroatoms. The largest absolute Gasteiger partial charge is 0.303 e. The van der Waals surface area contributed by atoms with Crippen LogP contribution in [0.2, 0.25) is 0 Å². The van der Waals surface area contributed by atoms with Crippen LogP contribution in [0, 0.1) is 17.8 Å². The van der Waals surface area contributed by atoms with Crippen LogP contribution < -0.4 is 0 Å². The molecule has 2 heterocycles. The number of likely N-dealkylation sites (N-methyl/N-ethyl adjacent to an activating group) is 2. The highest BCUT2D eigenvalue weighted by molar-refractivity contribution is 5.32. The van der Waals surface area contributed by atoms with Gasteiger partial charge < -0.3 is 4.90 Å². The summed E-state index contributed by atoms with van der Waals surface area (Å²) < 4.78 is 0. The minimum Gasteiger partial charge on any atom is -0.303 e. The number of terminal acetylenes is 1. The smallest absolute Gasteiger partial charge is 0.105 e. The zero-order valence-electron chi connectivity index (χ0n) is 9.79. The lowest BCUT2D eigenvalue weighted by Gasteiger charge is -2.49. The quantitative estimate of drug-likeness (QED) is 0.468. The molecule has 0 radical (unpaired) electrons. The SMILES string of the molecule is C#C[C@@]12CN(C)C[C@]1(C=C)CCCN2C. The molecule has 0 aliphatic carbocycles. The van der Waals surface area contributed by atoms with Crippen LogP contribution in [0.5, 0.6) is 0 Å². The summed E-state index contributed by atoms with van der Waals surface area (Å²) >= 11 is 0. The molecule has 0 aromatic heterocycles. The maximum absolute atomic E-state index is 5.83. The molecule has 82 valence electrons. The van der Waals surface area contributed by atoms with Gasteiger partial charge in [-0.25, -0.2) is 0 Å². The molecule has 2 rings (SSSR count). The van der Waals surface area contributed by atoms with E-state index in [4.69, 9.17) is 6.42 Å². The van der Waals surface area contributed by atoms with Gasteiger partial charge in [-0.3, -0.25) is 4.90 Å². The van der Waals surface area contributed by atoms with Crippen LogP contribution in [0.1, 0.15) is 12.8 Å². The van der Waals surface area contributed by atoms with Crippen LogP contribution in [0.3, 0.4) is 0 Å². The van der Waals surface area contributed by atoms with E-state index in [9.17, 15) is 0 Å². The second-order valence-electron chi connectivity index (χ2n) is 5.06. The van der Waals surface area contributed by atoms with Crippen LogP contribution >= 0.6 is 0 Å². The van der Waals surface area contributed by atoms with E-state index in [1.54, 1.807) is 0 Å². The molecule has 0 aromatic carbocycles. The normalized spacial score (nSPS) is 42.2. The third-order valence-corrected chi connectivity index (χ3v) is 4.27. The molecular weight excluding hydrogens is 184 g/mol. The zero-order chi connectivity index (χ0) is 11.1. The predicted octanol–water partition coefficient (Wildman–Crippen LogP) is 1.20. The van der Waals surface area contributed by atoms with Crippen LogP contribution in [-0.2, 0) is 0 Å². The Kier molecular flexibility index (Phi) is 2.41. The summed E-state index contributed by atoms with van der Waals surface area (Å²) in [5.41, 5.74) is -0.0226.